The van der Waals surface area contributed by atoms with Crippen LogP contribution in [0.2, 0.25) is 5.02 Å². The number of hydrogen-bond donors (Lipinski definition) is 1. The van der Waals surface area contributed by atoms with Crippen LogP contribution < -0.4 is 5.32 Å². The Morgan fingerprint density at radius 2 is 2.02 bits per heavy atom. The van der Waals surface area contributed by atoms with Gasteiger partial charge in [-0.3, -0.25) is 9.59 Å². The average molecular weight is 617 g/mol. The second kappa shape index (κ2) is 14.9. The summed E-state index contributed by atoms with van der Waals surface area (Å²) >= 11 is 6.95. The van der Waals surface area contributed by atoms with Gasteiger partial charge in [0.05, 0.1) is 16.1 Å². The Labute approximate surface area is 264 Å². The lowest BCUT2D eigenvalue weighted by Gasteiger charge is -2.41. The van der Waals surface area contributed by atoms with Crippen molar-refractivity contribution in [2.75, 3.05) is 25.0 Å². The van der Waals surface area contributed by atoms with Gasteiger partial charge in [-0.25, -0.2) is 9.98 Å². The third-order valence-corrected chi connectivity index (χ3v) is 8.18. The fraction of sp³-hybridized carbons (Fsp3) is 0.394. The molecule has 0 spiro atoms. The van der Waals surface area contributed by atoms with Gasteiger partial charge in [0.15, 0.2) is 5.82 Å². The summed E-state index contributed by atoms with van der Waals surface area (Å²) in [4.78, 5) is 38.6. The van der Waals surface area contributed by atoms with E-state index in [4.69, 9.17) is 21.6 Å². The summed E-state index contributed by atoms with van der Waals surface area (Å²) in [6.45, 7) is 15.8. The monoisotopic (exact) mass is 616 g/mol. The van der Waals surface area contributed by atoms with Gasteiger partial charge >= 0.3 is 0 Å². The molecule has 1 saturated heterocycles. The molecule has 3 heterocycles. The maximum absolute atomic E-state index is 12.5. The van der Waals surface area contributed by atoms with E-state index < -0.39 is 0 Å². The molecule has 2 aromatic heterocycles. The van der Waals surface area contributed by atoms with E-state index in [2.05, 4.69) is 73.9 Å². The summed E-state index contributed by atoms with van der Waals surface area (Å²) in [5, 5.41) is 11.6. The van der Waals surface area contributed by atoms with Gasteiger partial charge < -0.3 is 15.1 Å². The van der Waals surface area contributed by atoms with Crippen molar-refractivity contribution < 1.29 is 9.59 Å². The lowest BCUT2D eigenvalue weighted by atomic mass is 9.97. The number of para-hydroxylation sites is 1. The summed E-state index contributed by atoms with van der Waals surface area (Å²) in [5.74, 6) is 1.31. The molecule has 2 amide bonds. The van der Waals surface area contributed by atoms with Crippen LogP contribution in [-0.4, -0.2) is 73.6 Å². The van der Waals surface area contributed by atoms with E-state index in [1.807, 2.05) is 24.3 Å². The second-order valence-corrected chi connectivity index (χ2v) is 11.2. The van der Waals surface area contributed by atoms with Gasteiger partial charge in [0, 0.05) is 31.4 Å². The first-order chi connectivity index (χ1) is 21.3. The molecule has 11 heteroatoms. The number of amides is 2. The van der Waals surface area contributed by atoms with E-state index in [0.717, 1.165) is 36.0 Å². The maximum Gasteiger partial charge on any atom is 0.246 e. The van der Waals surface area contributed by atoms with Crippen molar-refractivity contribution in [3.63, 3.8) is 0 Å². The minimum absolute atomic E-state index is 0.0948. The molecule has 1 aliphatic rings. The predicted octanol–water partition coefficient (Wildman–Crippen LogP) is 6.18. The van der Waals surface area contributed by atoms with Crippen molar-refractivity contribution in [3.8, 4) is 5.82 Å². The van der Waals surface area contributed by atoms with E-state index in [9.17, 15) is 9.59 Å². The van der Waals surface area contributed by atoms with Crippen LogP contribution in [-0.2, 0) is 9.59 Å². The minimum atomic E-state index is -0.106. The molecule has 2 atom stereocenters. The van der Waals surface area contributed by atoms with Crippen LogP contribution in [0.25, 0.3) is 16.9 Å². The standard InChI is InChI=1S/C33H41ClN8O2/c1-7-11-14-24(9-3)30(22(5)8-2)36-32(41-18-17-40(20-23(41)6)29(44)10-4)25-19-26(34)33(37-31(25)35-21-43)42-28-16-13-12-15-27(28)38-39-42/h10-16,19,21-23H,4,7-9,17-18,20H2,1-3,5-6H3,(H,35,37,43)/b14-11-,30-24+,36-32+. The lowest BCUT2D eigenvalue weighted by molar-refractivity contribution is -0.128. The number of anilines is 1. The molecule has 1 fully saturated rings. The zero-order valence-corrected chi connectivity index (χ0v) is 26.9. The Kier molecular flexibility index (Phi) is 11.1. The first kappa shape index (κ1) is 32.6. The Balaban J connectivity index is 1.97. The smallest absolute Gasteiger partial charge is 0.246 e. The molecule has 0 radical (unpaired) electrons. The third-order valence-electron chi connectivity index (χ3n) is 7.90. The fourth-order valence-electron chi connectivity index (χ4n) is 5.32. The van der Waals surface area contributed by atoms with Crippen LogP contribution >= 0.6 is 11.6 Å². The van der Waals surface area contributed by atoms with Crippen molar-refractivity contribution in [3.05, 3.63) is 77.0 Å². The highest BCUT2D eigenvalue weighted by molar-refractivity contribution is 6.33. The Bertz CT molecular complexity index is 1610. The molecule has 4 rings (SSSR count). The van der Waals surface area contributed by atoms with E-state index in [-0.39, 0.29) is 17.9 Å². The normalized spacial score (nSPS) is 17.1. The number of rotatable bonds is 11. The number of amidine groups is 1. The summed E-state index contributed by atoms with van der Waals surface area (Å²) in [6.07, 6.45) is 8.85. The van der Waals surface area contributed by atoms with Crippen molar-refractivity contribution >= 4 is 46.6 Å². The largest absolute Gasteiger partial charge is 0.350 e. The predicted molar refractivity (Wildman–Crippen MR) is 177 cm³/mol. The average Bonchev–Trinajstić information content (AvgIpc) is 3.47. The molecule has 1 aromatic carbocycles. The molecule has 0 bridgehead atoms. The molecule has 44 heavy (non-hydrogen) atoms. The quantitative estimate of drug-likeness (QED) is 0.0906. The maximum atomic E-state index is 12.5. The molecular weight excluding hydrogens is 576 g/mol. The second-order valence-electron chi connectivity index (χ2n) is 10.8. The van der Waals surface area contributed by atoms with Crippen LogP contribution in [0, 0.1) is 5.92 Å². The van der Waals surface area contributed by atoms with Crippen molar-refractivity contribution in [2.24, 2.45) is 10.9 Å². The molecule has 0 aliphatic carbocycles. The first-order valence-electron chi connectivity index (χ1n) is 15.2. The zero-order valence-electron chi connectivity index (χ0n) is 26.1. The number of hydrogen-bond acceptors (Lipinski definition) is 6. The van der Waals surface area contributed by atoms with Gasteiger partial charge in [-0.1, -0.05) is 75.4 Å². The number of aromatic nitrogens is 4. The Morgan fingerprint density at radius 3 is 2.68 bits per heavy atom. The number of pyridine rings is 1. The SMILES string of the molecule is C=CC(=O)N1CCN(/C(=N/C(=C(/C=C\CC)CC)C(C)CC)c2cc(Cl)c(-n3nnc4ccccc43)nc2NC=O)C(C)C1. The summed E-state index contributed by atoms with van der Waals surface area (Å²) in [6, 6.07) is 9.19. The van der Waals surface area contributed by atoms with Crippen LogP contribution in [0.1, 0.15) is 59.4 Å². The van der Waals surface area contributed by atoms with Gasteiger partial charge in [0.25, 0.3) is 0 Å². The van der Waals surface area contributed by atoms with Crippen molar-refractivity contribution in [1.82, 2.24) is 29.8 Å². The Morgan fingerprint density at radius 1 is 1.25 bits per heavy atom. The van der Waals surface area contributed by atoms with Crippen molar-refractivity contribution in [2.45, 2.75) is 59.9 Å². The van der Waals surface area contributed by atoms with E-state index in [1.54, 1.807) is 15.6 Å². The molecule has 1 aliphatic heterocycles. The van der Waals surface area contributed by atoms with E-state index in [1.165, 1.54) is 6.08 Å². The molecule has 3 aromatic rings. The third kappa shape index (κ3) is 6.91. The lowest BCUT2D eigenvalue weighted by Crippen LogP contribution is -2.55. The summed E-state index contributed by atoms with van der Waals surface area (Å²) in [5.41, 5.74) is 4.10. The number of aliphatic imine (C=N–C) groups is 1. The van der Waals surface area contributed by atoms with Crippen LogP contribution in [0.4, 0.5) is 5.82 Å². The van der Waals surface area contributed by atoms with Gasteiger partial charge in [0.1, 0.15) is 17.2 Å². The summed E-state index contributed by atoms with van der Waals surface area (Å²) < 4.78 is 1.56. The van der Waals surface area contributed by atoms with Crippen LogP contribution in [0.5, 0.6) is 0 Å². The topological polar surface area (TPSA) is 109 Å². The van der Waals surface area contributed by atoms with E-state index >= 15 is 0 Å². The minimum Gasteiger partial charge on any atom is -0.350 e. The fourth-order valence-corrected chi connectivity index (χ4v) is 5.55. The number of fused-ring (bicyclic) bond motifs is 1. The van der Waals surface area contributed by atoms with Crippen LogP contribution in [0.15, 0.2) is 71.4 Å². The molecular formula is C33H41ClN8O2. The van der Waals surface area contributed by atoms with Gasteiger partial charge in [-0.05, 0) is 62.0 Å². The van der Waals surface area contributed by atoms with E-state index in [0.29, 0.717) is 59.6 Å². The number of benzene rings is 1. The molecule has 232 valence electrons. The number of nitrogens with one attached hydrogen (secondary N) is 1. The number of allylic oxidation sites excluding steroid dienone is 4. The number of halogens is 1. The van der Waals surface area contributed by atoms with Gasteiger partial charge in [-0.2, -0.15) is 4.68 Å². The molecule has 0 saturated carbocycles. The van der Waals surface area contributed by atoms with Crippen LogP contribution in [0.3, 0.4) is 0 Å². The highest BCUT2D eigenvalue weighted by Crippen LogP contribution is 2.31. The highest BCUT2D eigenvalue weighted by Gasteiger charge is 2.31. The molecule has 1 N–H and O–H groups in total. The van der Waals surface area contributed by atoms with Crippen molar-refractivity contribution in [1.29, 1.82) is 0 Å². The first-order valence-corrected chi connectivity index (χ1v) is 15.5. The highest BCUT2D eigenvalue weighted by atomic mass is 35.5. The molecule has 2 unspecified atom stereocenters. The van der Waals surface area contributed by atoms with Gasteiger partial charge in [0.2, 0.25) is 12.3 Å². The number of piperazine rings is 1. The summed E-state index contributed by atoms with van der Waals surface area (Å²) in [7, 11) is 0. The number of carbonyl (C=O) groups is 2. The number of nitrogens with zero attached hydrogens (tertiary/aromatic N) is 7. The number of carbonyl (C=O) groups excluding carboxylic acids is 2. The zero-order chi connectivity index (χ0) is 31.8. The molecule has 10 nitrogen and oxygen atoms in total. The van der Waals surface area contributed by atoms with Gasteiger partial charge in [-0.15, -0.1) is 5.10 Å². The Hall–Kier alpha value is -4.31.